The number of hydrogen-bond donors (Lipinski definition) is 1. The fourth-order valence-electron chi connectivity index (χ4n) is 2.71. The molecule has 1 N–H and O–H groups in total. The predicted molar refractivity (Wildman–Crippen MR) is 82.1 cm³/mol. The molecule has 1 aliphatic rings. The van der Waals surface area contributed by atoms with Crippen molar-refractivity contribution in [3.8, 4) is 0 Å². The highest BCUT2D eigenvalue weighted by Crippen LogP contribution is 2.25. The molecular formula is C17H25NO3. The van der Waals surface area contributed by atoms with Crippen LogP contribution in [0.2, 0.25) is 0 Å². The Kier molecular flexibility index (Phi) is 5.37. The molecule has 0 aliphatic carbocycles. The molecule has 2 atom stereocenters. The lowest BCUT2D eigenvalue weighted by Crippen LogP contribution is -2.39. The van der Waals surface area contributed by atoms with Crippen molar-refractivity contribution in [1.29, 1.82) is 0 Å². The number of rotatable bonds is 5. The third-order valence-electron chi connectivity index (χ3n) is 4.11. The van der Waals surface area contributed by atoms with E-state index in [1.165, 1.54) is 0 Å². The number of amides is 1. The number of aliphatic hydroxyl groups is 1. The number of carbonyl (C=O) groups excluding carboxylic acids is 1. The van der Waals surface area contributed by atoms with Gasteiger partial charge in [0.2, 0.25) is 0 Å². The minimum absolute atomic E-state index is 0.00901. The van der Waals surface area contributed by atoms with Gasteiger partial charge in [-0.25, -0.2) is 0 Å². The summed E-state index contributed by atoms with van der Waals surface area (Å²) in [4.78, 5) is 14.3. The lowest BCUT2D eigenvalue weighted by atomic mass is 10.0. The van der Waals surface area contributed by atoms with E-state index in [4.69, 9.17) is 4.74 Å². The van der Waals surface area contributed by atoms with Crippen LogP contribution in [-0.2, 0) is 11.3 Å². The molecule has 1 saturated heterocycles. The molecule has 1 aromatic carbocycles. The normalized spacial score (nSPS) is 22.0. The zero-order chi connectivity index (χ0) is 15.4. The van der Waals surface area contributed by atoms with Gasteiger partial charge in [0.25, 0.3) is 5.91 Å². The molecule has 4 nitrogen and oxygen atoms in total. The third-order valence-corrected chi connectivity index (χ3v) is 4.11. The van der Waals surface area contributed by atoms with E-state index in [9.17, 15) is 9.90 Å². The summed E-state index contributed by atoms with van der Waals surface area (Å²) >= 11 is 0. The molecular weight excluding hydrogens is 266 g/mol. The first-order valence-corrected chi connectivity index (χ1v) is 7.65. The summed E-state index contributed by atoms with van der Waals surface area (Å²) in [5, 5.41) is 9.46. The highest BCUT2D eigenvalue weighted by Gasteiger charge is 2.34. The van der Waals surface area contributed by atoms with Crippen LogP contribution in [0.15, 0.2) is 24.3 Å². The lowest BCUT2D eigenvalue weighted by Gasteiger charge is -2.25. The third kappa shape index (κ3) is 3.83. The Hall–Kier alpha value is -1.39. The van der Waals surface area contributed by atoms with E-state index in [0.717, 1.165) is 18.5 Å². The lowest BCUT2D eigenvalue weighted by molar-refractivity contribution is 0.0640. The highest BCUT2D eigenvalue weighted by molar-refractivity contribution is 5.94. The molecule has 0 saturated carbocycles. The summed E-state index contributed by atoms with van der Waals surface area (Å²) in [6.07, 6.45) is 1.15. The molecule has 1 fully saturated rings. The highest BCUT2D eigenvalue weighted by atomic mass is 16.5. The van der Waals surface area contributed by atoms with Gasteiger partial charge < -0.3 is 14.7 Å². The summed E-state index contributed by atoms with van der Waals surface area (Å²) in [7, 11) is 0. The summed E-state index contributed by atoms with van der Waals surface area (Å²) in [6.45, 7) is 7.41. The van der Waals surface area contributed by atoms with Gasteiger partial charge in [-0.05, 0) is 43.9 Å². The molecule has 0 bridgehead atoms. The van der Waals surface area contributed by atoms with Gasteiger partial charge >= 0.3 is 0 Å². The Morgan fingerprint density at radius 1 is 1.38 bits per heavy atom. The largest absolute Gasteiger partial charge is 0.394 e. The van der Waals surface area contributed by atoms with Crippen LogP contribution >= 0.6 is 0 Å². The van der Waals surface area contributed by atoms with Gasteiger partial charge in [0.05, 0.1) is 25.4 Å². The van der Waals surface area contributed by atoms with Gasteiger partial charge in [-0.1, -0.05) is 19.1 Å². The van der Waals surface area contributed by atoms with Crippen molar-refractivity contribution in [3.63, 3.8) is 0 Å². The second kappa shape index (κ2) is 7.05. The zero-order valence-corrected chi connectivity index (χ0v) is 13.1. The number of carbonyl (C=O) groups is 1. The maximum absolute atomic E-state index is 12.5. The SMILES string of the molecule is CC(C)OCc1ccc(C(=O)N2CCC(C)C2CO)cc1. The maximum Gasteiger partial charge on any atom is 0.254 e. The Morgan fingerprint density at radius 3 is 2.62 bits per heavy atom. The number of aliphatic hydroxyl groups excluding tert-OH is 1. The van der Waals surface area contributed by atoms with Crippen LogP contribution in [0.1, 0.15) is 43.1 Å². The van der Waals surface area contributed by atoms with Gasteiger partial charge in [0.1, 0.15) is 0 Å². The Morgan fingerprint density at radius 2 is 2.05 bits per heavy atom. The fourth-order valence-corrected chi connectivity index (χ4v) is 2.71. The monoisotopic (exact) mass is 291 g/mol. The van der Waals surface area contributed by atoms with Crippen LogP contribution in [0, 0.1) is 5.92 Å². The van der Waals surface area contributed by atoms with Crippen LogP contribution in [-0.4, -0.2) is 41.2 Å². The average Bonchev–Trinajstić information content (AvgIpc) is 2.85. The van der Waals surface area contributed by atoms with Crippen molar-refractivity contribution < 1.29 is 14.6 Å². The van der Waals surface area contributed by atoms with E-state index in [1.807, 2.05) is 38.1 Å². The number of ether oxygens (including phenoxy) is 1. The fraction of sp³-hybridized carbons (Fsp3) is 0.588. The first kappa shape index (κ1) is 16.0. The van der Waals surface area contributed by atoms with Crippen LogP contribution in [0.4, 0.5) is 0 Å². The van der Waals surface area contributed by atoms with Crippen molar-refractivity contribution in [3.05, 3.63) is 35.4 Å². The predicted octanol–water partition coefficient (Wildman–Crippen LogP) is 2.45. The molecule has 2 rings (SSSR count). The Labute approximate surface area is 126 Å². The van der Waals surface area contributed by atoms with Crippen molar-refractivity contribution in [2.45, 2.75) is 45.9 Å². The topological polar surface area (TPSA) is 49.8 Å². The molecule has 0 aromatic heterocycles. The van der Waals surface area contributed by atoms with Gasteiger partial charge in [0, 0.05) is 12.1 Å². The van der Waals surface area contributed by atoms with Gasteiger partial charge in [-0.3, -0.25) is 4.79 Å². The molecule has 1 aliphatic heterocycles. The molecule has 0 radical (unpaired) electrons. The Bertz CT molecular complexity index is 469. The van der Waals surface area contributed by atoms with Crippen LogP contribution in [0.3, 0.4) is 0 Å². The molecule has 0 spiro atoms. The van der Waals surface area contributed by atoms with Crippen molar-refractivity contribution in [2.75, 3.05) is 13.2 Å². The summed E-state index contributed by atoms with van der Waals surface area (Å²) in [5.41, 5.74) is 1.74. The number of hydrogen-bond acceptors (Lipinski definition) is 3. The van der Waals surface area contributed by atoms with Gasteiger partial charge in [-0.2, -0.15) is 0 Å². The minimum Gasteiger partial charge on any atom is -0.394 e. The van der Waals surface area contributed by atoms with Crippen molar-refractivity contribution in [2.24, 2.45) is 5.92 Å². The average molecular weight is 291 g/mol. The molecule has 2 unspecified atom stereocenters. The molecule has 1 amide bonds. The van der Waals surface area contributed by atoms with E-state index in [1.54, 1.807) is 4.90 Å². The quantitative estimate of drug-likeness (QED) is 0.906. The number of likely N-dealkylation sites (tertiary alicyclic amines) is 1. The standard InChI is InChI=1S/C17H25NO3/c1-12(2)21-11-14-4-6-15(7-5-14)17(20)18-9-8-13(3)16(18)10-19/h4-7,12-13,16,19H,8-11H2,1-3H3. The smallest absolute Gasteiger partial charge is 0.254 e. The summed E-state index contributed by atoms with van der Waals surface area (Å²) in [6, 6.07) is 7.50. The molecule has 4 heteroatoms. The first-order valence-electron chi connectivity index (χ1n) is 7.65. The molecule has 1 heterocycles. The van der Waals surface area contributed by atoms with Crippen molar-refractivity contribution >= 4 is 5.91 Å². The van der Waals surface area contributed by atoms with Crippen LogP contribution in [0.25, 0.3) is 0 Å². The zero-order valence-electron chi connectivity index (χ0n) is 13.1. The van der Waals surface area contributed by atoms with Crippen LogP contribution in [0.5, 0.6) is 0 Å². The summed E-state index contributed by atoms with van der Waals surface area (Å²) < 4.78 is 5.55. The number of benzene rings is 1. The molecule has 116 valence electrons. The first-order chi connectivity index (χ1) is 10.0. The van der Waals surface area contributed by atoms with E-state index in [2.05, 4.69) is 6.92 Å². The molecule has 1 aromatic rings. The van der Waals surface area contributed by atoms with Crippen molar-refractivity contribution in [1.82, 2.24) is 4.90 Å². The second-order valence-electron chi connectivity index (χ2n) is 6.07. The Balaban J connectivity index is 2.03. The van der Waals surface area contributed by atoms with E-state index in [0.29, 0.717) is 18.1 Å². The van der Waals surface area contributed by atoms with Gasteiger partial charge in [-0.15, -0.1) is 0 Å². The van der Waals surface area contributed by atoms with Gasteiger partial charge in [0.15, 0.2) is 0 Å². The van der Waals surface area contributed by atoms with E-state index in [-0.39, 0.29) is 24.7 Å². The minimum atomic E-state index is -0.0542. The number of nitrogens with zero attached hydrogens (tertiary/aromatic N) is 1. The van der Waals surface area contributed by atoms with E-state index < -0.39 is 0 Å². The van der Waals surface area contributed by atoms with E-state index >= 15 is 0 Å². The second-order valence-corrected chi connectivity index (χ2v) is 6.07. The summed E-state index contributed by atoms with van der Waals surface area (Å²) in [5.74, 6) is 0.368. The van der Waals surface area contributed by atoms with Crippen LogP contribution < -0.4 is 0 Å². The molecule has 21 heavy (non-hydrogen) atoms. The maximum atomic E-state index is 12.5.